The summed E-state index contributed by atoms with van der Waals surface area (Å²) < 4.78 is 1.71. The summed E-state index contributed by atoms with van der Waals surface area (Å²) in [5, 5.41) is 10.4. The van der Waals surface area contributed by atoms with Crippen molar-refractivity contribution >= 4 is 6.03 Å². The van der Waals surface area contributed by atoms with Crippen LogP contribution < -0.4 is 10.6 Å². The molecule has 4 rings (SSSR count). The fourth-order valence-electron chi connectivity index (χ4n) is 3.28. The molecule has 6 nitrogen and oxygen atoms in total. The van der Waals surface area contributed by atoms with E-state index in [1.54, 1.807) is 11.0 Å². The van der Waals surface area contributed by atoms with E-state index in [2.05, 4.69) is 20.7 Å². The lowest BCUT2D eigenvalue weighted by Gasteiger charge is -2.21. The van der Waals surface area contributed by atoms with Crippen molar-refractivity contribution in [2.24, 2.45) is 11.8 Å². The molecule has 0 bridgehead atoms. The highest BCUT2D eigenvalue weighted by atomic mass is 16.2. The van der Waals surface area contributed by atoms with Crippen LogP contribution in [0.5, 0.6) is 0 Å². The maximum absolute atomic E-state index is 12.4. The minimum absolute atomic E-state index is 0.0579. The van der Waals surface area contributed by atoms with Crippen LogP contribution in [0.25, 0.3) is 5.69 Å². The van der Waals surface area contributed by atoms with Crippen LogP contribution in [0, 0.1) is 11.8 Å². The van der Waals surface area contributed by atoms with Gasteiger partial charge in [0.05, 0.1) is 11.7 Å². The van der Waals surface area contributed by atoms with Crippen molar-refractivity contribution in [3.63, 3.8) is 0 Å². The Morgan fingerprint density at radius 2 is 1.96 bits per heavy atom. The average molecular weight is 325 g/mol. The highest BCUT2D eigenvalue weighted by Gasteiger charge is 2.42. The first kappa shape index (κ1) is 15.2. The number of hydrogen-bond donors (Lipinski definition) is 2. The molecule has 0 saturated heterocycles. The highest BCUT2D eigenvalue weighted by molar-refractivity contribution is 5.75. The van der Waals surface area contributed by atoms with Crippen LogP contribution >= 0.6 is 0 Å². The molecule has 1 aromatic carbocycles. The number of urea groups is 1. The maximum atomic E-state index is 12.4. The minimum Gasteiger partial charge on any atom is -0.335 e. The SMILES string of the molecule is C[C@H](NC(=O)NC(C1CC1)C1CC1)c1cccc(-n2cncn2)c1. The summed E-state index contributed by atoms with van der Waals surface area (Å²) in [6.07, 6.45) is 8.22. The van der Waals surface area contributed by atoms with Crippen LogP contribution in [0.3, 0.4) is 0 Å². The first-order valence-corrected chi connectivity index (χ1v) is 8.72. The molecule has 0 radical (unpaired) electrons. The number of benzene rings is 1. The van der Waals surface area contributed by atoms with E-state index in [0.29, 0.717) is 17.9 Å². The quantitative estimate of drug-likeness (QED) is 0.858. The first-order chi connectivity index (χ1) is 11.7. The lowest BCUT2D eigenvalue weighted by atomic mass is 10.1. The van der Waals surface area contributed by atoms with Crippen LogP contribution in [-0.4, -0.2) is 26.8 Å². The third-order valence-corrected chi connectivity index (χ3v) is 4.96. The van der Waals surface area contributed by atoms with Crippen LogP contribution in [0.2, 0.25) is 0 Å². The Morgan fingerprint density at radius 1 is 1.21 bits per heavy atom. The van der Waals surface area contributed by atoms with Gasteiger partial charge in [0.1, 0.15) is 12.7 Å². The molecule has 2 aliphatic rings. The molecule has 0 unspecified atom stereocenters. The molecule has 1 atom stereocenters. The third kappa shape index (κ3) is 3.42. The molecule has 2 fully saturated rings. The zero-order valence-electron chi connectivity index (χ0n) is 13.9. The standard InChI is InChI=1S/C18H23N5O/c1-12(15-3-2-4-16(9-15)23-11-19-10-20-23)21-18(24)22-17(13-5-6-13)14-7-8-14/h2-4,9-14,17H,5-8H2,1H3,(H2,21,22,24)/t12-/m0/s1. The van der Waals surface area contributed by atoms with Crippen molar-refractivity contribution in [1.82, 2.24) is 25.4 Å². The number of nitrogens with zero attached hydrogens (tertiary/aromatic N) is 3. The number of carbonyl (C=O) groups excluding carboxylic acids is 1. The average Bonchev–Trinajstić information content (AvgIpc) is 3.52. The second-order valence-electron chi connectivity index (χ2n) is 6.98. The number of aromatic nitrogens is 3. The second kappa shape index (κ2) is 6.26. The summed E-state index contributed by atoms with van der Waals surface area (Å²) >= 11 is 0. The van der Waals surface area contributed by atoms with E-state index in [1.165, 1.54) is 32.0 Å². The van der Waals surface area contributed by atoms with Gasteiger partial charge in [0.25, 0.3) is 0 Å². The summed E-state index contributed by atoms with van der Waals surface area (Å²) in [6, 6.07) is 8.24. The Bertz CT molecular complexity index is 694. The van der Waals surface area contributed by atoms with Crippen molar-refractivity contribution in [2.45, 2.75) is 44.7 Å². The molecule has 0 aliphatic heterocycles. The van der Waals surface area contributed by atoms with E-state index < -0.39 is 0 Å². The smallest absolute Gasteiger partial charge is 0.315 e. The van der Waals surface area contributed by atoms with Crippen molar-refractivity contribution in [1.29, 1.82) is 0 Å². The molecule has 1 aromatic heterocycles. The van der Waals surface area contributed by atoms with Crippen LogP contribution in [0.4, 0.5) is 4.79 Å². The van der Waals surface area contributed by atoms with Crippen LogP contribution in [0.15, 0.2) is 36.9 Å². The van der Waals surface area contributed by atoms with Gasteiger partial charge in [0, 0.05) is 6.04 Å². The zero-order chi connectivity index (χ0) is 16.5. The number of hydrogen-bond acceptors (Lipinski definition) is 3. The number of rotatable bonds is 6. The van der Waals surface area contributed by atoms with Crippen molar-refractivity contribution in [2.75, 3.05) is 0 Å². The molecule has 0 spiro atoms. The lowest BCUT2D eigenvalue weighted by molar-refractivity contribution is 0.230. The molecule has 24 heavy (non-hydrogen) atoms. The second-order valence-corrected chi connectivity index (χ2v) is 6.98. The highest BCUT2D eigenvalue weighted by Crippen LogP contribution is 2.44. The predicted octanol–water partition coefficient (Wildman–Crippen LogP) is 2.82. The van der Waals surface area contributed by atoms with Gasteiger partial charge in [-0.3, -0.25) is 0 Å². The summed E-state index contributed by atoms with van der Waals surface area (Å²) in [4.78, 5) is 16.3. The fourth-order valence-corrected chi connectivity index (χ4v) is 3.28. The normalized spacial score (nSPS) is 18.4. The van der Waals surface area contributed by atoms with Gasteiger partial charge >= 0.3 is 6.03 Å². The number of nitrogens with one attached hydrogen (secondary N) is 2. The summed E-state index contributed by atoms with van der Waals surface area (Å²) in [5.41, 5.74) is 1.99. The van der Waals surface area contributed by atoms with E-state index >= 15 is 0 Å². The Kier molecular flexibility index (Phi) is 3.96. The van der Waals surface area contributed by atoms with Crippen LogP contribution in [-0.2, 0) is 0 Å². The molecule has 2 aromatic rings. The van der Waals surface area contributed by atoms with E-state index in [0.717, 1.165) is 11.3 Å². The van der Waals surface area contributed by atoms with Gasteiger partial charge in [-0.25, -0.2) is 14.5 Å². The van der Waals surface area contributed by atoms with E-state index in [9.17, 15) is 4.79 Å². The third-order valence-electron chi connectivity index (χ3n) is 4.96. The van der Waals surface area contributed by atoms with Crippen molar-refractivity contribution in [3.05, 3.63) is 42.5 Å². The molecule has 2 aliphatic carbocycles. The van der Waals surface area contributed by atoms with Gasteiger partial charge < -0.3 is 10.6 Å². The van der Waals surface area contributed by atoms with Crippen molar-refractivity contribution in [3.8, 4) is 5.69 Å². The van der Waals surface area contributed by atoms with Gasteiger partial charge in [-0.05, 0) is 62.1 Å². The van der Waals surface area contributed by atoms with Gasteiger partial charge in [-0.15, -0.1) is 0 Å². The molecule has 126 valence electrons. The van der Waals surface area contributed by atoms with Gasteiger partial charge in [0.2, 0.25) is 0 Å². The Hall–Kier alpha value is -2.37. The number of amides is 2. The summed E-state index contributed by atoms with van der Waals surface area (Å²) in [6.45, 7) is 2.00. The van der Waals surface area contributed by atoms with Gasteiger partial charge in [-0.2, -0.15) is 5.10 Å². The first-order valence-electron chi connectivity index (χ1n) is 8.72. The Labute approximate surface area is 141 Å². The lowest BCUT2D eigenvalue weighted by Crippen LogP contribution is -2.45. The summed E-state index contributed by atoms with van der Waals surface area (Å²) in [5.74, 6) is 1.41. The van der Waals surface area contributed by atoms with E-state index in [-0.39, 0.29) is 12.1 Å². The predicted molar refractivity (Wildman–Crippen MR) is 90.7 cm³/mol. The zero-order valence-corrected chi connectivity index (χ0v) is 13.9. The monoisotopic (exact) mass is 325 g/mol. The maximum Gasteiger partial charge on any atom is 0.315 e. The molecular weight excluding hydrogens is 302 g/mol. The Morgan fingerprint density at radius 3 is 2.58 bits per heavy atom. The molecular formula is C18H23N5O. The molecule has 2 amide bonds. The van der Waals surface area contributed by atoms with Gasteiger partial charge in [0.15, 0.2) is 0 Å². The largest absolute Gasteiger partial charge is 0.335 e. The Balaban J connectivity index is 1.39. The molecule has 1 heterocycles. The molecule has 2 saturated carbocycles. The minimum atomic E-state index is -0.0625. The van der Waals surface area contributed by atoms with E-state index in [4.69, 9.17) is 0 Å². The number of carbonyl (C=O) groups is 1. The summed E-state index contributed by atoms with van der Waals surface area (Å²) in [7, 11) is 0. The fraction of sp³-hybridized carbons (Fsp3) is 0.500. The molecule has 6 heteroatoms. The topological polar surface area (TPSA) is 71.8 Å². The molecule has 2 N–H and O–H groups in total. The van der Waals surface area contributed by atoms with Gasteiger partial charge in [-0.1, -0.05) is 12.1 Å². The van der Waals surface area contributed by atoms with E-state index in [1.807, 2.05) is 31.2 Å². The van der Waals surface area contributed by atoms with Crippen LogP contribution in [0.1, 0.15) is 44.2 Å². The van der Waals surface area contributed by atoms with Crippen molar-refractivity contribution < 1.29 is 4.79 Å².